The van der Waals surface area contributed by atoms with E-state index in [1.165, 1.54) is 20.1 Å². The van der Waals surface area contributed by atoms with Crippen LogP contribution >= 0.6 is 15.9 Å². The third kappa shape index (κ3) is 1.83. The normalized spacial score (nSPS) is 9.77. The Labute approximate surface area is 84.5 Å². The number of ether oxygens (including phenoxy) is 1. The largest absolute Gasteiger partial charge is 0.504 e. The molecular weight excluding hydrogens is 236 g/mol. The van der Waals surface area contributed by atoms with Gasteiger partial charge in [-0.15, -0.1) is 0 Å². The summed E-state index contributed by atoms with van der Waals surface area (Å²) in [5.74, 6) is 0.0254. The van der Waals surface area contributed by atoms with Crippen LogP contribution < -0.4 is 4.74 Å². The summed E-state index contributed by atoms with van der Waals surface area (Å²) in [6.45, 7) is 1.42. The van der Waals surface area contributed by atoms with Crippen molar-refractivity contribution in [2.75, 3.05) is 7.11 Å². The minimum Gasteiger partial charge on any atom is -0.504 e. The maximum Gasteiger partial charge on any atom is 0.172 e. The molecule has 0 aromatic heterocycles. The van der Waals surface area contributed by atoms with Gasteiger partial charge < -0.3 is 9.84 Å². The van der Waals surface area contributed by atoms with E-state index in [1.54, 1.807) is 6.07 Å². The number of phenols is 1. The molecule has 70 valence electrons. The van der Waals surface area contributed by atoms with Crippen molar-refractivity contribution in [3.63, 3.8) is 0 Å². The summed E-state index contributed by atoms with van der Waals surface area (Å²) in [5, 5.41) is 9.37. The van der Waals surface area contributed by atoms with Crippen LogP contribution in [0.1, 0.15) is 17.3 Å². The minimum absolute atomic E-state index is 0.0316. The number of aromatic hydroxyl groups is 1. The summed E-state index contributed by atoms with van der Waals surface area (Å²) in [5.41, 5.74) is 0.363. The molecule has 3 nitrogen and oxygen atoms in total. The fourth-order valence-electron chi connectivity index (χ4n) is 1.08. The highest BCUT2D eigenvalue weighted by molar-refractivity contribution is 9.10. The lowest BCUT2D eigenvalue weighted by Gasteiger charge is -2.09. The Hall–Kier alpha value is -1.03. The van der Waals surface area contributed by atoms with Gasteiger partial charge in [0.25, 0.3) is 0 Å². The molecule has 0 atom stereocenters. The predicted molar refractivity (Wildman–Crippen MR) is 52.4 cm³/mol. The molecule has 0 heterocycles. The Morgan fingerprint density at radius 2 is 2.15 bits per heavy atom. The number of methoxy groups -OCH3 is 1. The number of hydrogen-bond donors (Lipinski definition) is 1. The molecule has 0 aliphatic rings. The van der Waals surface area contributed by atoms with Crippen LogP contribution in [0.5, 0.6) is 11.5 Å². The van der Waals surface area contributed by atoms with E-state index in [-0.39, 0.29) is 17.3 Å². The van der Waals surface area contributed by atoms with Gasteiger partial charge in [-0.1, -0.05) is 0 Å². The van der Waals surface area contributed by atoms with E-state index < -0.39 is 0 Å². The van der Waals surface area contributed by atoms with E-state index in [2.05, 4.69) is 15.9 Å². The zero-order chi connectivity index (χ0) is 10.0. The topological polar surface area (TPSA) is 46.5 Å². The molecule has 1 N–H and O–H groups in total. The monoisotopic (exact) mass is 244 g/mol. The minimum atomic E-state index is -0.153. The molecule has 0 fully saturated rings. The molecule has 13 heavy (non-hydrogen) atoms. The molecule has 0 spiro atoms. The van der Waals surface area contributed by atoms with Crippen LogP contribution in [0.15, 0.2) is 16.6 Å². The third-order valence-corrected chi connectivity index (χ3v) is 2.30. The third-order valence-electron chi connectivity index (χ3n) is 1.64. The second kappa shape index (κ2) is 3.79. The highest BCUT2D eigenvalue weighted by Crippen LogP contribution is 2.35. The number of ketones is 1. The van der Waals surface area contributed by atoms with Gasteiger partial charge in [0.15, 0.2) is 17.3 Å². The number of halogens is 1. The van der Waals surface area contributed by atoms with E-state index in [9.17, 15) is 9.90 Å². The van der Waals surface area contributed by atoms with Gasteiger partial charge in [-0.25, -0.2) is 0 Å². The molecule has 0 aliphatic carbocycles. The van der Waals surface area contributed by atoms with Crippen LogP contribution in [0.4, 0.5) is 0 Å². The van der Waals surface area contributed by atoms with Gasteiger partial charge in [0, 0.05) is 4.47 Å². The van der Waals surface area contributed by atoms with E-state index in [0.29, 0.717) is 10.0 Å². The fraction of sp³-hybridized carbons (Fsp3) is 0.222. The molecule has 0 bridgehead atoms. The smallest absolute Gasteiger partial charge is 0.172 e. The van der Waals surface area contributed by atoms with Crippen molar-refractivity contribution in [3.05, 3.63) is 22.2 Å². The van der Waals surface area contributed by atoms with Crippen LogP contribution in [0.2, 0.25) is 0 Å². The molecule has 0 saturated carbocycles. The molecule has 0 amide bonds. The Balaban J connectivity index is 3.43. The van der Waals surface area contributed by atoms with Gasteiger partial charge >= 0.3 is 0 Å². The first-order valence-corrected chi connectivity index (χ1v) is 4.43. The fourth-order valence-corrected chi connectivity index (χ4v) is 1.67. The number of carbonyl (C=O) groups is 1. The zero-order valence-electron chi connectivity index (χ0n) is 7.30. The van der Waals surface area contributed by atoms with Crippen molar-refractivity contribution in [3.8, 4) is 11.5 Å². The van der Waals surface area contributed by atoms with Crippen molar-refractivity contribution in [1.82, 2.24) is 0 Å². The summed E-state index contributed by atoms with van der Waals surface area (Å²) < 4.78 is 5.54. The van der Waals surface area contributed by atoms with Crippen LogP contribution in [0, 0.1) is 0 Å². The summed E-state index contributed by atoms with van der Waals surface area (Å²) in [4.78, 5) is 11.2. The molecule has 1 rings (SSSR count). The summed E-state index contributed by atoms with van der Waals surface area (Å²) >= 11 is 3.21. The van der Waals surface area contributed by atoms with Crippen molar-refractivity contribution < 1.29 is 14.6 Å². The Morgan fingerprint density at radius 1 is 1.54 bits per heavy atom. The number of carbonyl (C=O) groups excluding carboxylic acids is 1. The first-order valence-electron chi connectivity index (χ1n) is 3.64. The van der Waals surface area contributed by atoms with Crippen LogP contribution in [0.25, 0.3) is 0 Å². The Morgan fingerprint density at radius 3 is 2.54 bits per heavy atom. The van der Waals surface area contributed by atoms with Gasteiger partial charge in [-0.2, -0.15) is 0 Å². The Bertz CT molecular complexity index is 347. The van der Waals surface area contributed by atoms with Crippen LogP contribution in [-0.2, 0) is 0 Å². The van der Waals surface area contributed by atoms with Gasteiger partial charge in [0.1, 0.15) is 0 Å². The SMILES string of the molecule is COc1c(O)ccc(Br)c1C(C)=O. The van der Waals surface area contributed by atoms with Gasteiger partial charge in [0.05, 0.1) is 12.7 Å². The number of hydrogen-bond acceptors (Lipinski definition) is 3. The highest BCUT2D eigenvalue weighted by Gasteiger charge is 2.15. The summed E-state index contributed by atoms with van der Waals surface area (Å²) in [7, 11) is 1.41. The molecule has 1 aromatic rings. The second-order valence-corrected chi connectivity index (χ2v) is 3.39. The molecule has 0 saturated heterocycles. The number of Topliss-reactive ketones (excluding diaryl/α,β-unsaturated/α-hetero) is 1. The van der Waals surface area contributed by atoms with Gasteiger partial charge in [-0.05, 0) is 35.0 Å². The van der Waals surface area contributed by atoms with Crippen LogP contribution in [0.3, 0.4) is 0 Å². The maximum absolute atomic E-state index is 11.2. The lowest BCUT2D eigenvalue weighted by atomic mass is 10.1. The average molecular weight is 245 g/mol. The average Bonchev–Trinajstić information content (AvgIpc) is 2.07. The van der Waals surface area contributed by atoms with Crippen molar-refractivity contribution in [1.29, 1.82) is 0 Å². The first kappa shape index (κ1) is 10.1. The maximum atomic E-state index is 11.2. The highest BCUT2D eigenvalue weighted by atomic mass is 79.9. The van der Waals surface area contributed by atoms with E-state index in [4.69, 9.17) is 4.74 Å². The molecule has 0 aliphatic heterocycles. The van der Waals surface area contributed by atoms with E-state index in [1.807, 2.05) is 0 Å². The van der Waals surface area contributed by atoms with Crippen molar-refractivity contribution in [2.45, 2.75) is 6.92 Å². The lowest BCUT2D eigenvalue weighted by Crippen LogP contribution is -1.98. The number of rotatable bonds is 2. The van der Waals surface area contributed by atoms with Gasteiger partial charge in [-0.3, -0.25) is 4.79 Å². The predicted octanol–water partition coefficient (Wildman–Crippen LogP) is 2.37. The van der Waals surface area contributed by atoms with Crippen molar-refractivity contribution in [2.24, 2.45) is 0 Å². The second-order valence-electron chi connectivity index (χ2n) is 2.53. The number of phenolic OH excluding ortho intramolecular Hbond substituents is 1. The molecular formula is C9H9BrO3. The quantitative estimate of drug-likeness (QED) is 0.813. The first-order chi connectivity index (χ1) is 6.07. The standard InChI is InChI=1S/C9H9BrO3/c1-5(11)8-6(10)3-4-7(12)9(8)13-2/h3-4,12H,1-2H3. The molecule has 0 unspecified atom stereocenters. The summed E-state index contributed by atoms with van der Waals surface area (Å²) in [6.07, 6.45) is 0. The zero-order valence-corrected chi connectivity index (χ0v) is 8.88. The summed E-state index contributed by atoms with van der Waals surface area (Å²) in [6, 6.07) is 3.07. The Kier molecular flexibility index (Phi) is 2.93. The van der Waals surface area contributed by atoms with Crippen molar-refractivity contribution >= 4 is 21.7 Å². The van der Waals surface area contributed by atoms with E-state index >= 15 is 0 Å². The molecule has 4 heteroatoms. The number of benzene rings is 1. The van der Waals surface area contributed by atoms with E-state index in [0.717, 1.165) is 0 Å². The molecule has 1 aromatic carbocycles. The van der Waals surface area contributed by atoms with Gasteiger partial charge in [0.2, 0.25) is 0 Å². The lowest BCUT2D eigenvalue weighted by molar-refractivity contribution is 0.101. The van der Waals surface area contributed by atoms with Crippen LogP contribution in [-0.4, -0.2) is 18.0 Å². The molecule has 0 radical (unpaired) electrons.